The number of nitrogens with one attached hydrogen (secondary N) is 1. The molecule has 1 aromatic heterocycles. The fourth-order valence-corrected chi connectivity index (χ4v) is 4.25. The van der Waals surface area contributed by atoms with E-state index in [0.717, 1.165) is 16.4 Å². The summed E-state index contributed by atoms with van der Waals surface area (Å²) < 4.78 is 41.7. The van der Waals surface area contributed by atoms with Crippen LogP contribution in [0.3, 0.4) is 0 Å². The fourth-order valence-electron chi connectivity index (χ4n) is 2.54. The molecule has 3 rings (SSSR count). The Morgan fingerprint density at radius 3 is 2.83 bits per heavy atom. The molecule has 23 heavy (non-hydrogen) atoms. The Kier molecular flexibility index (Phi) is 3.59. The molecule has 1 aliphatic heterocycles. The molecule has 1 aliphatic rings. The van der Waals surface area contributed by atoms with Crippen LogP contribution in [0.1, 0.15) is 12.6 Å². The van der Waals surface area contributed by atoms with Crippen LogP contribution in [0.15, 0.2) is 29.3 Å². The molecule has 0 spiro atoms. The topological polar surface area (TPSA) is 84.3 Å². The number of halogens is 1. The van der Waals surface area contributed by atoms with Gasteiger partial charge < -0.3 is 5.32 Å². The third-order valence-corrected chi connectivity index (χ3v) is 5.36. The van der Waals surface area contributed by atoms with Gasteiger partial charge in [0, 0.05) is 13.2 Å². The predicted molar refractivity (Wildman–Crippen MR) is 82.1 cm³/mol. The van der Waals surface area contributed by atoms with Crippen LogP contribution < -0.4 is 9.62 Å². The van der Waals surface area contributed by atoms with Gasteiger partial charge in [-0.3, -0.25) is 13.8 Å². The highest BCUT2D eigenvalue weighted by atomic mass is 32.2. The summed E-state index contributed by atoms with van der Waals surface area (Å²) in [6, 6.07) is 3.59. The summed E-state index contributed by atoms with van der Waals surface area (Å²) in [6.07, 6.45) is 1.84. The molecule has 2 aromatic rings. The van der Waals surface area contributed by atoms with Crippen LogP contribution in [-0.4, -0.2) is 30.7 Å². The fraction of sp³-hybridized carbons (Fsp3) is 0.286. The van der Waals surface area contributed by atoms with Crippen LogP contribution in [0, 0.1) is 5.82 Å². The summed E-state index contributed by atoms with van der Waals surface area (Å²) >= 11 is 0. The Balaban J connectivity index is 2.16. The number of fused-ring (bicyclic) bond motifs is 1. The van der Waals surface area contributed by atoms with Crippen LogP contribution in [0.25, 0.3) is 0 Å². The zero-order valence-corrected chi connectivity index (χ0v) is 13.4. The van der Waals surface area contributed by atoms with Crippen molar-refractivity contribution in [3.63, 3.8) is 0 Å². The maximum Gasteiger partial charge on any atom is 0.268 e. The maximum atomic E-state index is 13.4. The van der Waals surface area contributed by atoms with E-state index in [1.165, 1.54) is 16.9 Å². The summed E-state index contributed by atoms with van der Waals surface area (Å²) in [4.78, 5) is 11.9. The minimum Gasteiger partial charge on any atom is -0.323 e. The molecule has 0 radical (unpaired) electrons. The van der Waals surface area contributed by atoms with Gasteiger partial charge in [0.2, 0.25) is 5.91 Å². The van der Waals surface area contributed by atoms with E-state index < -0.39 is 21.7 Å². The second-order valence-corrected chi connectivity index (χ2v) is 7.02. The lowest BCUT2D eigenvalue weighted by molar-refractivity contribution is -0.115. The molecule has 0 saturated heterocycles. The predicted octanol–water partition coefficient (Wildman–Crippen LogP) is 1.27. The maximum absolute atomic E-state index is 13.4. The number of amides is 1. The van der Waals surface area contributed by atoms with E-state index in [1.54, 1.807) is 14.0 Å². The van der Waals surface area contributed by atoms with E-state index >= 15 is 0 Å². The van der Waals surface area contributed by atoms with Gasteiger partial charge in [0.25, 0.3) is 10.0 Å². The average Bonchev–Trinajstić information content (AvgIpc) is 2.87. The molecule has 0 atom stereocenters. The molecule has 1 N–H and O–H groups in total. The summed E-state index contributed by atoms with van der Waals surface area (Å²) in [7, 11) is -2.35. The zero-order chi connectivity index (χ0) is 16.8. The Bertz CT molecular complexity index is 891. The molecule has 0 saturated carbocycles. The van der Waals surface area contributed by atoms with Gasteiger partial charge >= 0.3 is 0 Å². The number of anilines is 2. The van der Waals surface area contributed by atoms with E-state index in [-0.39, 0.29) is 22.8 Å². The van der Waals surface area contributed by atoms with Gasteiger partial charge in [0.15, 0.2) is 0 Å². The van der Waals surface area contributed by atoms with Crippen LogP contribution in [0.4, 0.5) is 15.8 Å². The van der Waals surface area contributed by atoms with Gasteiger partial charge in [-0.1, -0.05) is 6.92 Å². The summed E-state index contributed by atoms with van der Waals surface area (Å²) in [5.41, 5.74) is 0.783. The van der Waals surface area contributed by atoms with Gasteiger partial charge in [0.05, 0.1) is 17.1 Å². The smallest absolute Gasteiger partial charge is 0.268 e. The number of sulfonamides is 1. The molecule has 0 fully saturated rings. The Morgan fingerprint density at radius 1 is 1.39 bits per heavy atom. The van der Waals surface area contributed by atoms with Crippen molar-refractivity contribution in [2.24, 2.45) is 7.05 Å². The molecule has 7 nitrogen and oxygen atoms in total. The normalized spacial score (nSPS) is 14.6. The number of rotatable bonds is 3. The van der Waals surface area contributed by atoms with Gasteiger partial charge in [-0.15, -0.1) is 0 Å². The minimum absolute atomic E-state index is 0.0486. The molecule has 1 amide bonds. The van der Waals surface area contributed by atoms with Crippen molar-refractivity contribution < 1.29 is 17.6 Å². The number of nitrogens with zero attached hydrogens (tertiary/aromatic N) is 3. The van der Waals surface area contributed by atoms with Crippen LogP contribution >= 0.6 is 0 Å². The summed E-state index contributed by atoms with van der Waals surface area (Å²) in [6.45, 7) is 1.44. The molecule has 1 aromatic carbocycles. The minimum atomic E-state index is -3.98. The number of aryl methyl sites for hydroxylation is 2. The van der Waals surface area contributed by atoms with Crippen LogP contribution in [-0.2, 0) is 28.3 Å². The van der Waals surface area contributed by atoms with Gasteiger partial charge in [0.1, 0.15) is 17.3 Å². The first kappa shape index (κ1) is 15.5. The van der Waals surface area contributed by atoms with Crippen molar-refractivity contribution >= 4 is 27.3 Å². The van der Waals surface area contributed by atoms with E-state index in [1.807, 2.05) is 0 Å². The Morgan fingerprint density at radius 2 is 2.13 bits per heavy atom. The number of hydrogen-bond acceptors (Lipinski definition) is 4. The number of benzene rings is 1. The van der Waals surface area contributed by atoms with Crippen molar-refractivity contribution in [1.82, 2.24) is 9.78 Å². The number of carbonyl (C=O) groups excluding carboxylic acids is 1. The van der Waals surface area contributed by atoms with Gasteiger partial charge in [-0.05, 0) is 24.6 Å². The largest absolute Gasteiger partial charge is 0.323 e. The van der Waals surface area contributed by atoms with Crippen molar-refractivity contribution in [3.05, 3.63) is 35.9 Å². The number of carbonyl (C=O) groups is 1. The first-order valence-corrected chi connectivity index (χ1v) is 8.41. The number of hydrogen-bond donors (Lipinski definition) is 1. The van der Waals surface area contributed by atoms with E-state index in [2.05, 4.69) is 10.4 Å². The molecule has 0 unspecified atom stereocenters. The molecule has 2 heterocycles. The first-order chi connectivity index (χ1) is 10.8. The first-order valence-electron chi connectivity index (χ1n) is 6.97. The molecular weight excluding hydrogens is 323 g/mol. The summed E-state index contributed by atoms with van der Waals surface area (Å²) in [5, 5.41) is 6.61. The second kappa shape index (κ2) is 5.34. The number of aromatic nitrogens is 2. The lowest BCUT2D eigenvalue weighted by atomic mass is 10.2. The highest BCUT2D eigenvalue weighted by molar-refractivity contribution is 7.93. The Hall–Kier alpha value is -2.42. The lowest BCUT2D eigenvalue weighted by Gasteiger charge is -2.29. The van der Waals surface area contributed by atoms with Crippen molar-refractivity contribution in [1.29, 1.82) is 0 Å². The molecule has 9 heteroatoms. The van der Waals surface area contributed by atoms with Crippen LogP contribution in [0.5, 0.6) is 0 Å². The molecule has 122 valence electrons. The summed E-state index contributed by atoms with van der Waals surface area (Å²) in [5.74, 6) is -1.08. The SMILES string of the molecule is CCc1nn(C)cc1S(=O)(=O)N1CC(=O)Nc2cc(F)ccc21. The third kappa shape index (κ3) is 2.56. The standard InChI is InChI=1S/C14H15FN4O3S/c1-3-10-13(7-18(2)17-10)23(21,22)19-8-14(20)16-11-6-9(15)4-5-12(11)19/h4-7H,3,8H2,1-2H3,(H,16,20). The van der Waals surface area contributed by atoms with Crippen molar-refractivity contribution in [2.75, 3.05) is 16.2 Å². The zero-order valence-electron chi connectivity index (χ0n) is 12.6. The molecule has 0 aliphatic carbocycles. The highest BCUT2D eigenvalue weighted by Gasteiger charge is 2.35. The Labute approximate surface area is 132 Å². The quantitative estimate of drug-likeness (QED) is 0.913. The molecule has 0 bridgehead atoms. The lowest BCUT2D eigenvalue weighted by Crippen LogP contribution is -2.42. The average molecular weight is 338 g/mol. The van der Waals surface area contributed by atoms with Crippen molar-refractivity contribution in [2.45, 2.75) is 18.2 Å². The highest BCUT2D eigenvalue weighted by Crippen LogP contribution is 2.34. The van der Waals surface area contributed by atoms with E-state index in [0.29, 0.717) is 12.1 Å². The third-order valence-electron chi connectivity index (χ3n) is 3.56. The monoisotopic (exact) mass is 338 g/mol. The van der Waals surface area contributed by atoms with E-state index in [9.17, 15) is 17.6 Å². The molecular formula is C14H15FN4O3S. The second-order valence-electron chi connectivity index (χ2n) is 5.19. The van der Waals surface area contributed by atoms with Crippen molar-refractivity contribution in [3.8, 4) is 0 Å². The van der Waals surface area contributed by atoms with E-state index in [4.69, 9.17) is 0 Å². The van der Waals surface area contributed by atoms with Gasteiger partial charge in [-0.25, -0.2) is 12.8 Å². The van der Waals surface area contributed by atoms with Crippen LogP contribution in [0.2, 0.25) is 0 Å². The van der Waals surface area contributed by atoms with Gasteiger partial charge in [-0.2, -0.15) is 5.10 Å².